The number of para-hydroxylation sites is 1. The minimum Gasteiger partial charge on any atom is -0.462 e. The highest BCUT2D eigenvalue weighted by Crippen LogP contribution is 2.50. The number of nitro groups is 1. The van der Waals surface area contributed by atoms with Gasteiger partial charge in [0.25, 0.3) is 5.69 Å². The number of carbonyl (C=O) groups is 2. The zero-order valence-corrected chi connectivity index (χ0v) is 20.3. The molecule has 1 heterocycles. The molecule has 0 radical (unpaired) electrons. The number of benzene rings is 3. The molecule has 0 aromatic heterocycles. The van der Waals surface area contributed by atoms with Crippen LogP contribution >= 0.6 is 0 Å². The van der Waals surface area contributed by atoms with Crippen molar-refractivity contribution in [2.24, 2.45) is 5.92 Å². The minimum atomic E-state index is -0.561. The summed E-state index contributed by atoms with van der Waals surface area (Å²) in [6, 6.07) is 18.5. The predicted octanol–water partition coefficient (Wildman–Crippen LogP) is 6.21. The molecule has 0 amide bonds. The molecule has 1 aliphatic carbocycles. The maximum Gasteiger partial charge on any atom is 0.343 e. The minimum absolute atomic E-state index is 0.0212. The third kappa shape index (κ3) is 4.82. The first-order valence-electron chi connectivity index (χ1n) is 12.3. The predicted molar refractivity (Wildman–Crippen MR) is 138 cm³/mol. The fourth-order valence-electron chi connectivity index (χ4n) is 5.01. The van der Waals surface area contributed by atoms with Crippen LogP contribution in [0.1, 0.15) is 63.6 Å². The maximum atomic E-state index is 13.1. The summed E-state index contributed by atoms with van der Waals surface area (Å²) in [5, 5.41) is 14.6. The first-order chi connectivity index (χ1) is 18.0. The number of rotatable bonds is 7. The molecule has 1 aliphatic heterocycles. The van der Waals surface area contributed by atoms with Crippen LogP contribution in [0.2, 0.25) is 0 Å². The van der Waals surface area contributed by atoms with Gasteiger partial charge in [-0.2, -0.15) is 0 Å². The number of non-ortho nitro benzene ring substituents is 1. The van der Waals surface area contributed by atoms with Crippen molar-refractivity contribution in [2.75, 3.05) is 11.9 Å². The Morgan fingerprint density at radius 3 is 2.59 bits per heavy atom. The molecule has 0 bridgehead atoms. The van der Waals surface area contributed by atoms with Crippen LogP contribution in [0.3, 0.4) is 0 Å². The molecular weight excluding hydrogens is 472 g/mol. The average molecular weight is 499 g/mol. The quantitative estimate of drug-likeness (QED) is 0.136. The molecular formula is C29H26N2O6. The van der Waals surface area contributed by atoms with Gasteiger partial charge in [-0.15, -0.1) is 0 Å². The van der Waals surface area contributed by atoms with E-state index in [-0.39, 0.29) is 41.5 Å². The second-order valence-corrected chi connectivity index (χ2v) is 9.15. The molecule has 3 aromatic rings. The number of anilines is 1. The second-order valence-electron chi connectivity index (χ2n) is 9.15. The van der Waals surface area contributed by atoms with Crippen LogP contribution in [-0.2, 0) is 4.74 Å². The molecule has 188 valence electrons. The zero-order valence-electron chi connectivity index (χ0n) is 20.3. The summed E-state index contributed by atoms with van der Waals surface area (Å²) < 4.78 is 10.8. The van der Waals surface area contributed by atoms with Crippen molar-refractivity contribution >= 4 is 23.3 Å². The summed E-state index contributed by atoms with van der Waals surface area (Å²) in [7, 11) is 0. The topological polar surface area (TPSA) is 108 Å². The molecule has 37 heavy (non-hydrogen) atoms. The summed E-state index contributed by atoms with van der Waals surface area (Å²) >= 11 is 0. The lowest BCUT2D eigenvalue weighted by Crippen LogP contribution is -2.29. The van der Waals surface area contributed by atoms with E-state index in [9.17, 15) is 19.7 Å². The smallest absolute Gasteiger partial charge is 0.343 e. The molecule has 1 N–H and O–H groups in total. The monoisotopic (exact) mass is 498 g/mol. The van der Waals surface area contributed by atoms with Crippen LogP contribution < -0.4 is 10.1 Å². The number of esters is 2. The Hall–Kier alpha value is -4.46. The van der Waals surface area contributed by atoms with Crippen molar-refractivity contribution in [3.63, 3.8) is 0 Å². The fraction of sp³-hybridized carbons (Fsp3) is 0.241. The lowest BCUT2D eigenvalue weighted by Gasteiger charge is -2.37. The summed E-state index contributed by atoms with van der Waals surface area (Å²) in [5.74, 6) is -0.651. The van der Waals surface area contributed by atoms with Gasteiger partial charge in [0, 0.05) is 23.7 Å². The van der Waals surface area contributed by atoms with Gasteiger partial charge < -0.3 is 14.8 Å². The zero-order chi connectivity index (χ0) is 25.9. The van der Waals surface area contributed by atoms with Crippen LogP contribution in [0.5, 0.6) is 5.75 Å². The van der Waals surface area contributed by atoms with Crippen molar-refractivity contribution in [3.8, 4) is 5.75 Å². The molecule has 3 aromatic carbocycles. The molecule has 5 rings (SSSR count). The van der Waals surface area contributed by atoms with Gasteiger partial charge in [0.15, 0.2) is 0 Å². The molecule has 2 aliphatic rings. The highest BCUT2D eigenvalue weighted by Gasteiger charge is 2.38. The van der Waals surface area contributed by atoms with Crippen molar-refractivity contribution in [2.45, 2.75) is 31.7 Å². The fourth-order valence-corrected chi connectivity index (χ4v) is 5.01. The largest absolute Gasteiger partial charge is 0.462 e. The first kappa shape index (κ1) is 24.2. The third-order valence-corrected chi connectivity index (χ3v) is 6.81. The van der Waals surface area contributed by atoms with Gasteiger partial charge >= 0.3 is 11.9 Å². The van der Waals surface area contributed by atoms with E-state index in [2.05, 4.69) is 17.5 Å². The third-order valence-electron chi connectivity index (χ3n) is 6.81. The molecule has 0 saturated carbocycles. The van der Waals surface area contributed by atoms with Crippen LogP contribution in [-0.4, -0.2) is 23.5 Å². The Morgan fingerprint density at radius 2 is 1.84 bits per heavy atom. The Morgan fingerprint density at radius 1 is 1.05 bits per heavy atom. The normalized spacial score (nSPS) is 19.3. The van der Waals surface area contributed by atoms with Crippen molar-refractivity contribution < 1.29 is 24.0 Å². The molecule has 0 spiro atoms. The highest BCUT2D eigenvalue weighted by atomic mass is 16.6. The number of nitro benzene ring substituents is 1. The Balaban J connectivity index is 1.39. The van der Waals surface area contributed by atoms with Gasteiger partial charge in [0.2, 0.25) is 0 Å². The van der Waals surface area contributed by atoms with Crippen molar-refractivity contribution in [1.29, 1.82) is 0 Å². The van der Waals surface area contributed by atoms with E-state index in [4.69, 9.17) is 9.47 Å². The molecule has 3 atom stereocenters. The molecule has 0 fully saturated rings. The van der Waals surface area contributed by atoms with Gasteiger partial charge in [0.1, 0.15) is 11.3 Å². The van der Waals surface area contributed by atoms with Gasteiger partial charge in [-0.1, -0.05) is 43.3 Å². The van der Waals surface area contributed by atoms with E-state index in [1.807, 2.05) is 19.1 Å². The first-order valence-corrected chi connectivity index (χ1v) is 12.3. The summed E-state index contributed by atoms with van der Waals surface area (Å²) in [6.45, 7) is 2.19. The standard InChI is InChI=1S/C29H26N2O6/c1-2-16-36-29(33)23-6-3-4-9-26(23)37-28(32)19-12-15-25-24(17-19)21-7-5-8-22(21)27(30-25)18-10-13-20(14-11-18)31(34)35/h3-7,9-15,17,21-22,27,30H,2,8,16H2,1H3/t21-,22-,27+/m1/s1. The molecule has 8 heteroatoms. The van der Waals surface area contributed by atoms with Crippen LogP contribution in [0.15, 0.2) is 78.9 Å². The number of carbonyl (C=O) groups excluding carboxylic acids is 2. The average Bonchev–Trinajstić information content (AvgIpc) is 3.42. The maximum absolute atomic E-state index is 13.1. The number of allylic oxidation sites excluding steroid dienone is 2. The number of nitrogens with one attached hydrogen (secondary N) is 1. The Kier molecular flexibility index (Phi) is 6.72. The van der Waals surface area contributed by atoms with E-state index in [0.717, 1.165) is 23.2 Å². The number of fused-ring (bicyclic) bond motifs is 3. The van der Waals surface area contributed by atoms with Gasteiger partial charge in [-0.3, -0.25) is 10.1 Å². The number of hydrogen-bond acceptors (Lipinski definition) is 7. The van der Waals surface area contributed by atoms with E-state index >= 15 is 0 Å². The van der Waals surface area contributed by atoms with Crippen LogP contribution in [0.25, 0.3) is 0 Å². The number of ether oxygens (including phenoxy) is 2. The lowest BCUT2D eigenvalue weighted by molar-refractivity contribution is -0.384. The Bertz CT molecular complexity index is 1380. The molecule has 0 unspecified atom stereocenters. The van der Waals surface area contributed by atoms with Crippen molar-refractivity contribution in [3.05, 3.63) is 111 Å². The van der Waals surface area contributed by atoms with Crippen LogP contribution in [0, 0.1) is 16.0 Å². The molecule has 8 nitrogen and oxygen atoms in total. The Labute approximate surface area is 214 Å². The van der Waals surface area contributed by atoms with E-state index in [1.54, 1.807) is 42.5 Å². The lowest BCUT2D eigenvalue weighted by atomic mass is 9.76. The van der Waals surface area contributed by atoms with E-state index in [0.29, 0.717) is 12.0 Å². The van der Waals surface area contributed by atoms with Gasteiger partial charge in [-0.25, -0.2) is 9.59 Å². The van der Waals surface area contributed by atoms with Crippen molar-refractivity contribution in [1.82, 2.24) is 0 Å². The summed E-state index contributed by atoms with van der Waals surface area (Å²) in [5.41, 5.74) is 3.51. The van der Waals surface area contributed by atoms with E-state index < -0.39 is 16.9 Å². The highest BCUT2D eigenvalue weighted by molar-refractivity contribution is 5.96. The molecule has 0 saturated heterocycles. The van der Waals surface area contributed by atoms with Crippen LogP contribution in [0.4, 0.5) is 11.4 Å². The SMILES string of the molecule is CCCOC(=O)c1ccccc1OC(=O)c1ccc2c(c1)[C@@H]1C=CC[C@H]1[C@H](c1ccc([N+](=O)[O-])cc1)N2. The van der Waals surface area contributed by atoms with Gasteiger partial charge in [-0.05, 0) is 60.2 Å². The van der Waals surface area contributed by atoms with E-state index in [1.165, 1.54) is 12.1 Å². The summed E-state index contributed by atoms with van der Waals surface area (Å²) in [6.07, 6.45) is 5.82. The number of hydrogen-bond donors (Lipinski definition) is 1. The summed E-state index contributed by atoms with van der Waals surface area (Å²) in [4.78, 5) is 36.1. The number of nitrogens with zero attached hydrogens (tertiary/aromatic N) is 1. The van der Waals surface area contributed by atoms with Gasteiger partial charge in [0.05, 0.1) is 23.1 Å². The second kappa shape index (κ2) is 10.3.